The molecule has 2 aromatic rings. The Bertz CT molecular complexity index is 855. The largest absolute Gasteiger partial charge is 0.548 e. The van der Waals surface area contributed by atoms with Gasteiger partial charge in [0.1, 0.15) is 11.3 Å². The second-order valence-electron chi connectivity index (χ2n) is 5.76. The number of hydrogen-bond donors (Lipinski definition) is 1. The highest BCUT2D eigenvalue weighted by Gasteiger charge is 2.18. The van der Waals surface area contributed by atoms with Gasteiger partial charge in [-0.05, 0) is 31.0 Å². The fraction of sp³-hybridized carbons (Fsp3) is 0.389. The maximum Gasteiger partial charge on any atom is 0.340 e. The molecule has 0 saturated carbocycles. The molecule has 0 aliphatic rings. The van der Waals surface area contributed by atoms with Crippen LogP contribution >= 0.6 is 0 Å². The molecule has 1 atom stereocenters. The molecule has 1 aromatic heterocycles. The number of methoxy groups -OCH3 is 1. The lowest BCUT2D eigenvalue weighted by Crippen LogP contribution is -2.48. The van der Waals surface area contributed by atoms with Crippen molar-refractivity contribution in [3.05, 3.63) is 39.7 Å². The Balaban J connectivity index is 2.30. The molecule has 1 N–H and O–H groups in total. The molecular formula is C18H20NO6-. The van der Waals surface area contributed by atoms with Crippen LogP contribution in [0.2, 0.25) is 0 Å². The lowest BCUT2D eigenvalue weighted by atomic mass is 10.0. The number of carbonyl (C=O) groups excluding carboxylic acids is 2. The van der Waals surface area contributed by atoms with Crippen molar-refractivity contribution in [2.24, 2.45) is 0 Å². The van der Waals surface area contributed by atoms with Crippen LogP contribution in [0.4, 0.5) is 0 Å². The minimum absolute atomic E-state index is 0.198. The molecule has 134 valence electrons. The lowest BCUT2D eigenvalue weighted by molar-refractivity contribution is -0.308. The average Bonchev–Trinajstić information content (AvgIpc) is 2.57. The SMILES string of the molecule is CCC[C@H](NC(=O)Cc1c(C)c2ccc(OC)cc2oc1=O)C(=O)[O-]. The number of hydrogen-bond acceptors (Lipinski definition) is 6. The zero-order valence-corrected chi connectivity index (χ0v) is 14.4. The molecule has 0 aliphatic carbocycles. The van der Waals surface area contributed by atoms with E-state index < -0.39 is 23.5 Å². The molecule has 0 fully saturated rings. The van der Waals surface area contributed by atoms with Crippen molar-refractivity contribution in [1.82, 2.24) is 5.32 Å². The number of benzene rings is 1. The lowest BCUT2D eigenvalue weighted by Gasteiger charge is -2.19. The predicted octanol–water partition coefficient (Wildman–Crippen LogP) is 0.687. The Kier molecular flexibility index (Phi) is 5.80. The molecule has 0 spiro atoms. The van der Waals surface area contributed by atoms with Gasteiger partial charge >= 0.3 is 5.63 Å². The van der Waals surface area contributed by atoms with Crippen molar-refractivity contribution < 1.29 is 23.8 Å². The van der Waals surface area contributed by atoms with E-state index in [1.165, 1.54) is 7.11 Å². The van der Waals surface area contributed by atoms with Crippen molar-refractivity contribution in [2.75, 3.05) is 7.11 Å². The second kappa shape index (κ2) is 7.83. The van der Waals surface area contributed by atoms with Crippen molar-refractivity contribution in [3.8, 4) is 5.75 Å². The van der Waals surface area contributed by atoms with Gasteiger partial charge in [0, 0.05) is 11.5 Å². The van der Waals surface area contributed by atoms with Gasteiger partial charge in [-0.2, -0.15) is 0 Å². The van der Waals surface area contributed by atoms with E-state index in [0.29, 0.717) is 28.7 Å². The summed E-state index contributed by atoms with van der Waals surface area (Å²) < 4.78 is 10.4. The fourth-order valence-electron chi connectivity index (χ4n) is 2.65. The van der Waals surface area contributed by atoms with Crippen molar-refractivity contribution >= 4 is 22.8 Å². The van der Waals surface area contributed by atoms with Crippen LogP contribution in [0.25, 0.3) is 11.0 Å². The molecule has 0 unspecified atom stereocenters. The zero-order valence-electron chi connectivity index (χ0n) is 14.4. The molecule has 25 heavy (non-hydrogen) atoms. The van der Waals surface area contributed by atoms with Crippen LogP contribution in [0.15, 0.2) is 27.4 Å². The van der Waals surface area contributed by atoms with Crippen LogP contribution in [0.3, 0.4) is 0 Å². The molecule has 7 nitrogen and oxygen atoms in total. The number of ether oxygens (including phenoxy) is 1. The summed E-state index contributed by atoms with van der Waals surface area (Å²) in [6, 6.07) is 4.00. The number of fused-ring (bicyclic) bond motifs is 1. The van der Waals surface area contributed by atoms with Gasteiger partial charge in [0.05, 0.1) is 31.1 Å². The number of rotatable bonds is 7. The summed E-state index contributed by atoms with van der Waals surface area (Å²) in [7, 11) is 1.51. The van der Waals surface area contributed by atoms with Crippen LogP contribution in [0.5, 0.6) is 5.75 Å². The van der Waals surface area contributed by atoms with E-state index in [1.54, 1.807) is 32.0 Å². The number of carboxylic acids is 1. The van der Waals surface area contributed by atoms with E-state index in [1.807, 2.05) is 0 Å². The molecule has 0 aliphatic heterocycles. The van der Waals surface area contributed by atoms with E-state index in [4.69, 9.17) is 9.15 Å². The van der Waals surface area contributed by atoms with Crippen molar-refractivity contribution in [3.63, 3.8) is 0 Å². The summed E-state index contributed by atoms with van der Waals surface area (Å²) in [6.07, 6.45) is 0.584. The standard InChI is InChI=1S/C18H21NO6/c1-4-5-14(17(21)22)19-16(20)9-13-10(2)12-7-6-11(24-3)8-15(12)25-18(13)23/h6-8,14H,4-5,9H2,1-3H3,(H,19,20)(H,21,22)/p-1/t14-/m0/s1. The van der Waals surface area contributed by atoms with E-state index in [0.717, 1.165) is 0 Å². The smallest absolute Gasteiger partial charge is 0.340 e. The highest BCUT2D eigenvalue weighted by atomic mass is 16.5. The third kappa shape index (κ3) is 4.17. The Hall–Kier alpha value is -2.83. The maximum absolute atomic E-state index is 12.2. The number of amides is 1. The first-order chi connectivity index (χ1) is 11.9. The van der Waals surface area contributed by atoms with E-state index in [-0.39, 0.29) is 18.4 Å². The first-order valence-corrected chi connectivity index (χ1v) is 7.97. The monoisotopic (exact) mass is 346 g/mol. The van der Waals surface area contributed by atoms with Gasteiger partial charge in [0.25, 0.3) is 0 Å². The van der Waals surface area contributed by atoms with Crippen LogP contribution in [0, 0.1) is 6.92 Å². The zero-order chi connectivity index (χ0) is 18.6. The third-order valence-corrected chi connectivity index (χ3v) is 4.03. The first-order valence-electron chi connectivity index (χ1n) is 7.97. The minimum Gasteiger partial charge on any atom is -0.548 e. The summed E-state index contributed by atoms with van der Waals surface area (Å²) in [4.78, 5) is 35.4. The van der Waals surface area contributed by atoms with Crippen LogP contribution in [0.1, 0.15) is 30.9 Å². The molecule has 0 radical (unpaired) electrons. The summed E-state index contributed by atoms with van der Waals surface area (Å²) >= 11 is 0. The Morgan fingerprint density at radius 3 is 2.68 bits per heavy atom. The molecule has 2 rings (SSSR count). The number of nitrogens with one attached hydrogen (secondary N) is 1. The number of carbonyl (C=O) groups is 2. The molecule has 1 amide bonds. The number of carboxylic acid groups (broad SMARTS) is 1. The van der Waals surface area contributed by atoms with Gasteiger partial charge in [-0.25, -0.2) is 4.79 Å². The Labute approximate surface area is 144 Å². The number of aryl methyl sites for hydroxylation is 1. The second-order valence-corrected chi connectivity index (χ2v) is 5.76. The summed E-state index contributed by atoms with van der Waals surface area (Å²) in [5, 5.41) is 14.1. The molecular weight excluding hydrogens is 326 g/mol. The highest BCUT2D eigenvalue weighted by molar-refractivity contribution is 5.87. The predicted molar refractivity (Wildman–Crippen MR) is 89.3 cm³/mol. The normalized spacial score (nSPS) is 12.0. The Morgan fingerprint density at radius 1 is 1.36 bits per heavy atom. The van der Waals surface area contributed by atoms with E-state index in [9.17, 15) is 19.5 Å². The quantitative estimate of drug-likeness (QED) is 0.739. The highest BCUT2D eigenvalue weighted by Crippen LogP contribution is 2.24. The molecule has 0 bridgehead atoms. The minimum atomic E-state index is -1.34. The first kappa shape index (κ1) is 18.5. The number of aliphatic carboxylic acids is 1. The van der Waals surface area contributed by atoms with Gasteiger partial charge in [-0.1, -0.05) is 13.3 Å². The van der Waals surface area contributed by atoms with Gasteiger partial charge in [-0.15, -0.1) is 0 Å². The molecule has 1 aromatic carbocycles. The summed E-state index contributed by atoms with van der Waals surface area (Å²) in [5.41, 5.74) is 0.548. The van der Waals surface area contributed by atoms with Crippen molar-refractivity contribution in [2.45, 2.75) is 39.2 Å². The maximum atomic E-state index is 12.2. The summed E-state index contributed by atoms with van der Waals surface area (Å²) in [5.74, 6) is -1.35. The fourth-order valence-corrected chi connectivity index (χ4v) is 2.65. The average molecular weight is 346 g/mol. The van der Waals surface area contributed by atoms with E-state index >= 15 is 0 Å². The van der Waals surface area contributed by atoms with Gasteiger partial charge < -0.3 is 24.4 Å². The molecule has 0 saturated heterocycles. The topological polar surface area (TPSA) is 109 Å². The molecule has 7 heteroatoms. The van der Waals surface area contributed by atoms with Gasteiger partial charge in [-0.3, -0.25) is 4.79 Å². The van der Waals surface area contributed by atoms with Crippen molar-refractivity contribution in [1.29, 1.82) is 0 Å². The Morgan fingerprint density at radius 2 is 2.08 bits per heavy atom. The third-order valence-electron chi connectivity index (χ3n) is 4.03. The van der Waals surface area contributed by atoms with E-state index in [2.05, 4.69) is 5.32 Å². The van der Waals surface area contributed by atoms with Crippen LogP contribution in [-0.4, -0.2) is 25.0 Å². The van der Waals surface area contributed by atoms with Gasteiger partial charge in [0.15, 0.2) is 0 Å². The molecule has 1 heterocycles. The van der Waals surface area contributed by atoms with Gasteiger partial charge in [0.2, 0.25) is 5.91 Å². The van der Waals surface area contributed by atoms with Crippen LogP contribution in [-0.2, 0) is 16.0 Å². The summed E-state index contributed by atoms with van der Waals surface area (Å²) in [6.45, 7) is 3.52. The van der Waals surface area contributed by atoms with Crippen LogP contribution < -0.4 is 20.8 Å².